The first kappa shape index (κ1) is 25.7. The van der Waals surface area contributed by atoms with Crippen LogP contribution in [-0.2, 0) is 16.0 Å². The molecule has 32 heavy (non-hydrogen) atoms. The number of alkyl carbamates (subject to hydrolysis) is 1. The van der Waals surface area contributed by atoms with Gasteiger partial charge in [-0.25, -0.2) is 19.6 Å². The van der Waals surface area contributed by atoms with Crippen molar-refractivity contribution in [2.75, 3.05) is 13.2 Å². The summed E-state index contributed by atoms with van der Waals surface area (Å²) in [5.41, 5.74) is 9.27. The van der Waals surface area contributed by atoms with Crippen LogP contribution in [0.3, 0.4) is 0 Å². The van der Waals surface area contributed by atoms with Gasteiger partial charge in [-0.05, 0) is 18.5 Å². The normalized spacial score (nSPS) is 13.0. The third kappa shape index (κ3) is 7.87. The van der Waals surface area contributed by atoms with Crippen LogP contribution in [0.5, 0.6) is 0 Å². The smallest absolute Gasteiger partial charge is 0.407 e. The number of hydrogen-bond donors (Lipinski definition) is 2. The van der Waals surface area contributed by atoms with Gasteiger partial charge in [0, 0.05) is 23.7 Å². The second-order valence-corrected chi connectivity index (χ2v) is 15.3. The van der Waals surface area contributed by atoms with Crippen LogP contribution in [0.4, 0.5) is 4.79 Å². The molecule has 2 atom stereocenters. The van der Waals surface area contributed by atoms with Crippen molar-refractivity contribution in [1.29, 1.82) is 0 Å². The van der Waals surface area contributed by atoms with E-state index in [4.69, 9.17) is 15.0 Å². The summed E-state index contributed by atoms with van der Waals surface area (Å²) in [5, 5.41) is 20.9. The number of rotatable bonds is 11. The first-order valence-corrected chi connectivity index (χ1v) is 15.3. The summed E-state index contributed by atoms with van der Waals surface area (Å²) < 4.78 is 10.1. The maximum atomic E-state index is 11.8. The van der Waals surface area contributed by atoms with Crippen LogP contribution in [0.25, 0.3) is 10.4 Å². The average molecular weight is 499 g/mol. The lowest BCUT2D eigenvalue weighted by molar-refractivity contribution is 0.0519. The summed E-state index contributed by atoms with van der Waals surface area (Å²) in [6, 6.07) is -0.189. The highest BCUT2D eigenvalue weighted by Gasteiger charge is 2.28. The van der Waals surface area contributed by atoms with Crippen LogP contribution < -0.4 is 5.32 Å². The Labute approximate surface area is 194 Å². The maximum absolute atomic E-state index is 11.8. The Morgan fingerprint density at radius 2 is 2.03 bits per heavy atom. The number of ether oxygens (including phenoxy) is 2. The van der Waals surface area contributed by atoms with Gasteiger partial charge in [-0.15, -0.1) is 22.7 Å². The predicted molar refractivity (Wildman–Crippen MR) is 123 cm³/mol. The highest BCUT2D eigenvalue weighted by molar-refractivity contribution is 7.10. The number of nitrogens with zero attached hydrogens (tertiary/aromatic N) is 5. The van der Waals surface area contributed by atoms with Gasteiger partial charge in [-0.2, -0.15) is 0 Å². The zero-order valence-electron chi connectivity index (χ0n) is 18.3. The monoisotopic (exact) mass is 498 g/mol. The van der Waals surface area contributed by atoms with Crippen LogP contribution in [0.1, 0.15) is 45.3 Å². The molecule has 11 nitrogen and oxygen atoms in total. The molecule has 2 rings (SSSR count). The van der Waals surface area contributed by atoms with E-state index in [1.54, 1.807) is 12.3 Å². The van der Waals surface area contributed by atoms with Crippen LogP contribution in [0, 0.1) is 0 Å². The fourth-order valence-corrected chi connectivity index (χ4v) is 4.70. The molecule has 2 aromatic heterocycles. The third-order valence-corrected chi connectivity index (χ3v) is 7.56. The first-order valence-electron chi connectivity index (χ1n) is 9.84. The molecule has 0 radical (unpaired) electrons. The van der Waals surface area contributed by atoms with Crippen molar-refractivity contribution in [3.63, 3.8) is 0 Å². The number of carbonyl (C=O) groups is 2. The van der Waals surface area contributed by atoms with Gasteiger partial charge in [-0.3, -0.25) is 0 Å². The Morgan fingerprint density at radius 3 is 2.69 bits per heavy atom. The minimum atomic E-state index is -1.28. The van der Waals surface area contributed by atoms with E-state index in [2.05, 4.69) is 45.0 Å². The summed E-state index contributed by atoms with van der Waals surface area (Å²) in [6.07, 6.45) is -1.80. The Bertz CT molecular complexity index is 969. The van der Waals surface area contributed by atoms with Gasteiger partial charge in [0.05, 0.1) is 25.5 Å². The fraction of sp³-hybridized carbons (Fsp3) is 0.556. The molecule has 2 unspecified atom stereocenters. The Hall–Kier alpha value is -2.51. The molecule has 0 aliphatic carbocycles. The van der Waals surface area contributed by atoms with Crippen molar-refractivity contribution < 1.29 is 24.2 Å². The Morgan fingerprint density at radius 1 is 1.28 bits per heavy atom. The van der Waals surface area contributed by atoms with Crippen LogP contribution in [-0.4, -0.2) is 48.4 Å². The van der Waals surface area contributed by atoms with Gasteiger partial charge < -0.3 is 19.9 Å². The molecule has 174 valence electrons. The third-order valence-electron chi connectivity index (χ3n) is 4.08. The standard InChI is InChI=1S/C18H26N6O5S2Si/c1-5-28-17(26)12-10-31-16(22-12)14(23-24-19)15(25)11-9-30-13(21-11)8-20-18(27)29-6-7-32(2,3)4/h9-10,14-15,25H,5-8H2,1-4H3,(H,20,27). The summed E-state index contributed by atoms with van der Waals surface area (Å²) in [5.74, 6) is -0.595. The number of carbonyl (C=O) groups excluding carboxylic acids is 2. The van der Waals surface area contributed by atoms with Crippen LogP contribution in [0.2, 0.25) is 25.7 Å². The molecular weight excluding hydrogens is 472 g/mol. The number of aliphatic hydroxyl groups excluding tert-OH is 1. The van der Waals surface area contributed by atoms with Gasteiger partial charge in [0.1, 0.15) is 22.2 Å². The van der Waals surface area contributed by atoms with Crippen LogP contribution in [0.15, 0.2) is 15.9 Å². The predicted octanol–water partition coefficient (Wildman–Crippen LogP) is 4.43. The van der Waals surface area contributed by atoms with E-state index in [1.165, 1.54) is 16.7 Å². The molecule has 0 fully saturated rings. The summed E-state index contributed by atoms with van der Waals surface area (Å²) >= 11 is 2.31. The van der Waals surface area contributed by atoms with Gasteiger partial charge in [0.25, 0.3) is 0 Å². The molecule has 0 saturated heterocycles. The van der Waals surface area contributed by atoms with E-state index in [0.717, 1.165) is 17.4 Å². The van der Waals surface area contributed by atoms with E-state index in [0.29, 0.717) is 11.6 Å². The number of aliphatic hydroxyl groups is 1. The van der Waals surface area contributed by atoms with E-state index >= 15 is 0 Å². The molecule has 2 N–H and O–H groups in total. The minimum absolute atomic E-state index is 0.0768. The highest BCUT2D eigenvalue weighted by atomic mass is 32.1. The van der Waals surface area contributed by atoms with E-state index < -0.39 is 32.3 Å². The summed E-state index contributed by atoms with van der Waals surface area (Å²) in [7, 11) is -1.28. The van der Waals surface area contributed by atoms with E-state index in [9.17, 15) is 14.7 Å². The lowest BCUT2D eigenvalue weighted by Crippen LogP contribution is -2.27. The zero-order valence-corrected chi connectivity index (χ0v) is 20.9. The lowest BCUT2D eigenvalue weighted by Gasteiger charge is -2.15. The van der Waals surface area contributed by atoms with Crippen molar-refractivity contribution in [2.24, 2.45) is 5.11 Å². The van der Waals surface area contributed by atoms with E-state index in [1.807, 2.05) is 0 Å². The number of thiazole rings is 2. The number of amides is 1. The second-order valence-electron chi connectivity index (χ2n) is 7.85. The van der Waals surface area contributed by atoms with Gasteiger partial charge >= 0.3 is 12.1 Å². The fourth-order valence-electron chi connectivity index (χ4n) is 2.38. The molecule has 0 saturated carbocycles. The highest BCUT2D eigenvalue weighted by Crippen LogP contribution is 2.34. The largest absolute Gasteiger partial charge is 0.461 e. The molecular formula is C18H26N6O5S2Si. The molecule has 2 heterocycles. The van der Waals surface area contributed by atoms with Gasteiger partial charge in [0.2, 0.25) is 0 Å². The quantitative estimate of drug-likeness (QED) is 0.152. The molecule has 0 aliphatic rings. The Kier molecular flexibility index (Phi) is 9.59. The SMILES string of the molecule is CCOC(=O)c1csc(C(N=[N+]=[N-])C(O)c2csc(CNC(=O)OCC[Si](C)(C)C)n2)n1. The molecule has 0 aliphatic heterocycles. The number of esters is 1. The topological polar surface area (TPSA) is 159 Å². The molecule has 0 aromatic carbocycles. The van der Waals surface area contributed by atoms with Gasteiger partial charge in [-0.1, -0.05) is 24.8 Å². The lowest BCUT2D eigenvalue weighted by atomic mass is 10.1. The number of azide groups is 1. The molecule has 0 bridgehead atoms. The first-order chi connectivity index (χ1) is 15.1. The number of nitrogens with one attached hydrogen (secondary N) is 1. The second kappa shape index (κ2) is 11.9. The number of aromatic nitrogens is 2. The zero-order chi connectivity index (χ0) is 23.7. The maximum Gasteiger partial charge on any atom is 0.407 e. The minimum Gasteiger partial charge on any atom is -0.461 e. The van der Waals surface area contributed by atoms with Crippen molar-refractivity contribution in [1.82, 2.24) is 15.3 Å². The van der Waals surface area contributed by atoms with Crippen molar-refractivity contribution in [2.45, 2.75) is 51.3 Å². The summed E-state index contributed by atoms with van der Waals surface area (Å²) in [6.45, 7) is 8.99. The Balaban J connectivity index is 1.99. The van der Waals surface area contributed by atoms with Crippen molar-refractivity contribution in [3.05, 3.63) is 42.6 Å². The molecule has 14 heteroatoms. The van der Waals surface area contributed by atoms with E-state index in [-0.39, 0.29) is 29.5 Å². The van der Waals surface area contributed by atoms with Gasteiger partial charge in [0.15, 0.2) is 5.69 Å². The average Bonchev–Trinajstić information content (AvgIpc) is 3.39. The van der Waals surface area contributed by atoms with Crippen molar-refractivity contribution in [3.8, 4) is 0 Å². The molecule has 1 amide bonds. The number of hydrogen-bond acceptors (Lipinski definition) is 10. The van der Waals surface area contributed by atoms with Crippen LogP contribution >= 0.6 is 22.7 Å². The summed E-state index contributed by atoms with van der Waals surface area (Å²) in [4.78, 5) is 34.9. The van der Waals surface area contributed by atoms with Crippen molar-refractivity contribution >= 4 is 42.8 Å². The molecule has 0 spiro atoms. The molecule has 2 aromatic rings.